The molecule has 0 N–H and O–H groups in total. The summed E-state index contributed by atoms with van der Waals surface area (Å²) in [6, 6.07) is 4.43. The minimum atomic E-state index is 0. The third-order valence-corrected chi connectivity index (χ3v) is 6.93. The smallest absolute Gasteiger partial charge is 0.0533 e. The summed E-state index contributed by atoms with van der Waals surface area (Å²) in [6.07, 6.45) is 16.5. The zero-order valence-electron chi connectivity index (χ0n) is 18.6. The van der Waals surface area contributed by atoms with Crippen molar-refractivity contribution in [3.63, 3.8) is 0 Å². The van der Waals surface area contributed by atoms with Crippen molar-refractivity contribution in [3.05, 3.63) is 45.5 Å². The molecule has 0 bridgehead atoms. The van der Waals surface area contributed by atoms with Crippen LogP contribution in [-0.4, -0.2) is 29.7 Å². The number of hydrogen-bond acceptors (Lipinski definition) is 2. The number of thioether (sulfide) groups is 1. The predicted octanol–water partition coefficient (Wildman–Crippen LogP) is 7.57. The van der Waals surface area contributed by atoms with Crippen molar-refractivity contribution in [1.82, 2.24) is 0 Å². The fourth-order valence-electron chi connectivity index (χ4n) is 1.47. The normalized spacial score (nSPS) is 16.6. The number of thiophene rings is 1. The molecule has 0 aromatic carbocycles. The van der Waals surface area contributed by atoms with Gasteiger partial charge < -0.3 is 0 Å². The molecule has 0 amide bonds. The van der Waals surface area contributed by atoms with Gasteiger partial charge in [-0.2, -0.15) is 0 Å². The zero-order chi connectivity index (χ0) is 20.3. The fourth-order valence-corrected chi connectivity index (χ4v) is 4.21. The molecule has 4 heteroatoms. The molecule has 2 aliphatic rings. The molecule has 3 heterocycles. The van der Waals surface area contributed by atoms with Crippen LogP contribution in [0, 0.1) is 5.18 Å². The molecule has 2 aliphatic heterocycles. The van der Waals surface area contributed by atoms with Gasteiger partial charge in [0.2, 0.25) is 0 Å². The van der Waals surface area contributed by atoms with E-state index in [0.29, 0.717) is 0 Å². The van der Waals surface area contributed by atoms with E-state index in [9.17, 15) is 0 Å². The van der Waals surface area contributed by atoms with Gasteiger partial charge in [-0.1, -0.05) is 109 Å². The van der Waals surface area contributed by atoms with Gasteiger partial charge in [0.25, 0.3) is 0 Å². The van der Waals surface area contributed by atoms with E-state index in [2.05, 4.69) is 77.1 Å². The Hall–Kier alpha value is 0.0687. The van der Waals surface area contributed by atoms with Crippen molar-refractivity contribution in [2.45, 2.75) is 80.1 Å². The molecule has 1 aromatic heterocycles. The van der Waals surface area contributed by atoms with Crippen LogP contribution in [-0.2, 0) is 0 Å². The third kappa shape index (κ3) is 14.1. The summed E-state index contributed by atoms with van der Waals surface area (Å²) in [5.41, 5.74) is 0. The number of hydrogen-bond donors (Lipinski definition) is 0. The molecule has 0 spiro atoms. The van der Waals surface area contributed by atoms with Crippen molar-refractivity contribution >= 4 is 68.0 Å². The molecule has 156 valence electrons. The van der Waals surface area contributed by atoms with E-state index < -0.39 is 0 Å². The minimum Gasteiger partial charge on any atom is -0.134 e. The Bertz CT molecular complexity index is 714. The third-order valence-electron chi connectivity index (χ3n) is 3.67. The van der Waals surface area contributed by atoms with E-state index in [1.807, 2.05) is 29.2 Å². The Labute approximate surface area is 203 Å². The summed E-state index contributed by atoms with van der Waals surface area (Å²) in [5, 5.41) is 3.13. The predicted molar refractivity (Wildman–Crippen MR) is 140 cm³/mol. The van der Waals surface area contributed by atoms with E-state index in [4.69, 9.17) is 0 Å². The molecule has 0 nitrogen and oxygen atoms in total. The monoisotopic (exact) mass is 542 g/mol. The molecule has 0 unspecified atom stereocenters. The summed E-state index contributed by atoms with van der Waals surface area (Å²) in [5.74, 6) is 1.12. The summed E-state index contributed by atoms with van der Waals surface area (Å²) in [7, 11) is 0. The van der Waals surface area contributed by atoms with Gasteiger partial charge in [-0.3, -0.25) is 0 Å². The second-order valence-corrected chi connectivity index (χ2v) is 9.18. The van der Waals surface area contributed by atoms with Crippen LogP contribution < -0.4 is 9.06 Å². The molecule has 4 radical (unpaired) electrons. The van der Waals surface area contributed by atoms with Crippen LogP contribution in [0.2, 0.25) is 0 Å². The average molecular weight is 541 g/mol. The van der Waals surface area contributed by atoms with Crippen LogP contribution in [0.4, 0.5) is 0 Å². The topological polar surface area (TPSA) is 0 Å². The summed E-state index contributed by atoms with van der Waals surface area (Å²) >= 11 is 5.47. The van der Waals surface area contributed by atoms with E-state index in [-0.39, 0.29) is 23.9 Å². The van der Waals surface area contributed by atoms with E-state index in [0.717, 1.165) is 5.75 Å². The van der Waals surface area contributed by atoms with Gasteiger partial charge >= 0.3 is 0 Å². The van der Waals surface area contributed by atoms with Gasteiger partial charge in [0.05, 0.1) is 4.91 Å². The summed E-state index contributed by atoms with van der Waals surface area (Å²) < 4.78 is 2.74. The number of allylic oxidation sites excluding steroid dienone is 1. The first-order valence-corrected chi connectivity index (χ1v) is 13.0. The molecule has 0 aliphatic carbocycles. The van der Waals surface area contributed by atoms with Crippen LogP contribution in [0.25, 0.3) is 9.81 Å². The Kier molecular flexibility index (Phi) is 23.5. The standard InChI is InChI=1S/C12H8S3.3C4H10.Sn/c1-3-9(13-7-1)11-5-6-12(15-11)10-4-2-8-14-10;3*1-3-4-2;/h1-6H,7H2;3*3-4H2,1-2H3;/b11-9+,12-10-;;;;. The van der Waals surface area contributed by atoms with Crippen LogP contribution in [0.3, 0.4) is 0 Å². The second-order valence-electron chi connectivity index (χ2n) is 6.16. The number of unbranched alkanes of at least 4 members (excludes halogenated alkanes) is 3. The first-order valence-electron chi connectivity index (χ1n) is 10.4. The Morgan fingerprint density at radius 2 is 1.25 bits per heavy atom. The second kappa shape index (κ2) is 21.8. The van der Waals surface area contributed by atoms with Gasteiger partial charge in [-0.15, -0.1) is 23.1 Å². The van der Waals surface area contributed by atoms with Crippen molar-refractivity contribution < 1.29 is 0 Å². The largest absolute Gasteiger partial charge is 0.134 e. The van der Waals surface area contributed by atoms with E-state index in [1.54, 1.807) is 11.2 Å². The first-order chi connectivity index (χ1) is 13.2. The van der Waals surface area contributed by atoms with Crippen LogP contribution in [0.1, 0.15) is 80.1 Å². The van der Waals surface area contributed by atoms with Gasteiger partial charge in [0.15, 0.2) is 0 Å². The van der Waals surface area contributed by atoms with Crippen molar-refractivity contribution in [2.24, 2.45) is 0 Å². The van der Waals surface area contributed by atoms with Crippen molar-refractivity contribution in [2.75, 3.05) is 5.75 Å². The van der Waals surface area contributed by atoms with Crippen LogP contribution in [0.5, 0.6) is 0 Å². The van der Waals surface area contributed by atoms with Crippen molar-refractivity contribution in [3.8, 4) is 5.18 Å². The summed E-state index contributed by atoms with van der Waals surface area (Å²) in [4.78, 5) is 2.73. The van der Waals surface area contributed by atoms with Crippen LogP contribution >= 0.6 is 34.3 Å². The zero-order valence-corrected chi connectivity index (χ0v) is 23.9. The molecular weight excluding hydrogens is 503 g/mol. The van der Waals surface area contributed by atoms with E-state index in [1.165, 1.54) is 57.4 Å². The fraction of sp³-hybridized carbons (Fsp3) is 0.542. The summed E-state index contributed by atoms with van der Waals surface area (Å²) in [6.45, 7) is 13.1. The average Bonchev–Trinajstić information content (AvgIpc) is 3.48. The van der Waals surface area contributed by atoms with Crippen LogP contribution in [0.15, 0.2) is 36.4 Å². The molecule has 1 aromatic rings. The Morgan fingerprint density at radius 3 is 1.61 bits per heavy atom. The van der Waals surface area contributed by atoms with Gasteiger partial charge in [-0.05, 0) is 24.3 Å². The molecule has 0 fully saturated rings. The SMILES string of the molecule is C1#S/C(=c2/cc/c(=C3/C=CCS3)s2)C=C1.CCCC.CCCC.CCCC.[Sn]. The quantitative estimate of drug-likeness (QED) is 0.356. The van der Waals surface area contributed by atoms with E-state index >= 15 is 0 Å². The van der Waals surface area contributed by atoms with Gasteiger partial charge in [0, 0.05) is 43.6 Å². The Balaban J connectivity index is 0. The molecular formula is C24H38S3Sn. The van der Waals surface area contributed by atoms with Crippen molar-refractivity contribution in [1.29, 1.82) is 0 Å². The maximum atomic E-state index is 3.13. The molecule has 0 saturated heterocycles. The number of rotatable bonds is 3. The van der Waals surface area contributed by atoms with Gasteiger partial charge in [0.1, 0.15) is 0 Å². The molecule has 0 saturated carbocycles. The Morgan fingerprint density at radius 1 is 0.750 bits per heavy atom. The maximum Gasteiger partial charge on any atom is 0.0533 e. The first kappa shape index (κ1) is 30.3. The molecule has 0 atom stereocenters. The minimum absolute atomic E-state index is 0. The van der Waals surface area contributed by atoms with Gasteiger partial charge in [-0.25, -0.2) is 0 Å². The molecule has 28 heavy (non-hydrogen) atoms. The molecule has 3 rings (SSSR count). The maximum absolute atomic E-state index is 3.13.